The third-order valence-electron chi connectivity index (χ3n) is 6.20. The smallest absolute Gasteiger partial charge is 0.344 e. The average Bonchev–Trinajstić information content (AvgIpc) is 2.92. The Bertz CT molecular complexity index is 1630. The predicted octanol–water partition coefficient (Wildman–Crippen LogP) is 6.32. The lowest BCUT2D eigenvalue weighted by molar-refractivity contribution is -0.145. The van der Waals surface area contributed by atoms with Gasteiger partial charge in [0.2, 0.25) is 0 Å². The average molecular weight is 654 g/mol. The molecule has 4 aromatic rings. The van der Waals surface area contributed by atoms with Crippen LogP contribution in [0.3, 0.4) is 0 Å². The Morgan fingerprint density at radius 3 is 2.52 bits per heavy atom. The van der Waals surface area contributed by atoms with Crippen LogP contribution in [0.5, 0.6) is 11.5 Å². The lowest BCUT2D eigenvalue weighted by atomic mass is 9.96. The van der Waals surface area contributed by atoms with E-state index in [1.165, 1.54) is 4.68 Å². The van der Waals surface area contributed by atoms with Crippen LogP contribution in [0.25, 0.3) is 22.3 Å². The molecule has 0 N–H and O–H groups in total. The van der Waals surface area contributed by atoms with Crippen molar-refractivity contribution in [3.8, 4) is 22.9 Å². The zero-order chi connectivity index (χ0) is 28.8. The Kier molecular flexibility index (Phi) is 9.57. The van der Waals surface area contributed by atoms with Crippen LogP contribution in [0, 0.1) is 10.5 Å². The van der Waals surface area contributed by atoms with E-state index < -0.39 is 5.97 Å². The number of carbonyl (C=O) groups excluding carboxylic acids is 1. The number of aryl methyl sites for hydroxylation is 1. The second kappa shape index (κ2) is 13.1. The van der Waals surface area contributed by atoms with E-state index in [0.717, 1.165) is 31.6 Å². The summed E-state index contributed by atoms with van der Waals surface area (Å²) in [5, 5.41) is 5.09. The summed E-state index contributed by atoms with van der Waals surface area (Å²) >= 11 is 2.13. The quantitative estimate of drug-likeness (QED) is 0.113. The number of fused-ring (bicyclic) bond motifs is 1. The van der Waals surface area contributed by atoms with Crippen molar-refractivity contribution in [2.24, 2.45) is 5.10 Å². The first kappa shape index (κ1) is 29.3. The van der Waals surface area contributed by atoms with Crippen molar-refractivity contribution in [2.45, 2.75) is 40.5 Å². The highest BCUT2D eigenvalue weighted by Crippen LogP contribution is 2.34. The van der Waals surface area contributed by atoms with Gasteiger partial charge in [0, 0.05) is 5.56 Å². The summed E-state index contributed by atoms with van der Waals surface area (Å²) in [6.45, 7) is 10.6. The van der Waals surface area contributed by atoms with Crippen molar-refractivity contribution in [1.29, 1.82) is 0 Å². The van der Waals surface area contributed by atoms with Crippen LogP contribution in [-0.4, -0.2) is 41.7 Å². The van der Waals surface area contributed by atoms with Gasteiger partial charge in [0.25, 0.3) is 5.56 Å². The summed E-state index contributed by atoms with van der Waals surface area (Å²) < 4.78 is 18.6. The molecule has 0 saturated heterocycles. The molecule has 40 heavy (non-hydrogen) atoms. The summed E-state index contributed by atoms with van der Waals surface area (Å²) in [6.07, 6.45) is 1.62. The number of benzene rings is 3. The van der Waals surface area contributed by atoms with Gasteiger partial charge in [-0.3, -0.25) is 4.79 Å². The van der Waals surface area contributed by atoms with Crippen LogP contribution in [0.15, 0.2) is 64.5 Å². The Morgan fingerprint density at radius 1 is 1.05 bits per heavy atom. The van der Waals surface area contributed by atoms with Crippen molar-refractivity contribution in [1.82, 2.24) is 9.66 Å². The van der Waals surface area contributed by atoms with Crippen molar-refractivity contribution in [3.05, 3.63) is 85.2 Å². The molecule has 0 bridgehead atoms. The van der Waals surface area contributed by atoms with Crippen molar-refractivity contribution in [3.63, 3.8) is 0 Å². The molecule has 0 fully saturated rings. The maximum Gasteiger partial charge on any atom is 0.344 e. The van der Waals surface area contributed by atoms with Crippen LogP contribution >= 0.6 is 22.6 Å². The monoisotopic (exact) mass is 653 g/mol. The maximum absolute atomic E-state index is 13.7. The lowest BCUT2D eigenvalue weighted by Crippen LogP contribution is -2.21. The molecule has 3 aromatic carbocycles. The largest absolute Gasteiger partial charge is 0.494 e. The van der Waals surface area contributed by atoms with Gasteiger partial charge in [0.05, 0.1) is 33.9 Å². The number of esters is 1. The Labute approximate surface area is 247 Å². The summed E-state index contributed by atoms with van der Waals surface area (Å²) in [6, 6.07) is 16.7. The van der Waals surface area contributed by atoms with Crippen LogP contribution in [0.1, 0.15) is 50.3 Å². The molecule has 0 unspecified atom stereocenters. The molecule has 9 heteroatoms. The number of hydrogen-bond donors (Lipinski definition) is 0. The van der Waals surface area contributed by atoms with Crippen molar-refractivity contribution in [2.75, 3.05) is 19.8 Å². The number of aromatic nitrogens is 2. The molecule has 0 aliphatic carbocycles. The van der Waals surface area contributed by atoms with Gasteiger partial charge in [-0.15, -0.1) is 0 Å². The molecule has 4 rings (SSSR count). The van der Waals surface area contributed by atoms with E-state index in [0.29, 0.717) is 35.7 Å². The minimum absolute atomic E-state index is 0.168. The first-order valence-electron chi connectivity index (χ1n) is 13.1. The summed E-state index contributed by atoms with van der Waals surface area (Å²) in [4.78, 5) is 30.2. The van der Waals surface area contributed by atoms with Gasteiger partial charge < -0.3 is 14.2 Å². The standard InChI is InChI=1S/C31H32IN3O5/c1-6-38-28-14-20(5)24(16-23(28)19(3)4)30-34-26-11-9-8-10-22(26)31(37)35(30)33-17-21-12-13-27(25(32)15-21)40-18-29(36)39-7-2/h8-17,19H,6-7,18H2,1-5H3. The highest BCUT2D eigenvalue weighted by molar-refractivity contribution is 14.1. The van der Waals surface area contributed by atoms with Crippen LogP contribution < -0.4 is 15.0 Å². The number of para-hydroxylation sites is 1. The van der Waals surface area contributed by atoms with Gasteiger partial charge in [-0.1, -0.05) is 26.0 Å². The molecule has 0 radical (unpaired) electrons. The highest BCUT2D eigenvalue weighted by Gasteiger charge is 2.18. The van der Waals surface area contributed by atoms with E-state index in [9.17, 15) is 9.59 Å². The molecule has 0 atom stereocenters. The minimum Gasteiger partial charge on any atom is -0.494 e. The fourth-order valence-electron chi connectivity index (χ4n) is 4.25. The second-order valence-electron chi connectivity index (χ2n) is 9.39. The SMILES string of the molecule is CCOC(=O)COc1ccc(C=Nn2c(-c3cc(C(C)C)c(OCC)cc3C)nc3ccccc3c2=O)cc1I. The topological polar surface area (TPSA) is 92.0 Å². The minimum atomic E-state index is -0.426. The maximum atomic E-state index is 13.7. The Hall–Kier alpha value is -3.73. The molecule has 0 spiro atoms. The third-order valence-corrected chi connectivity index (χ3v) is 7.05. The zero-order valence-corrected chi connectivity index (χ0v) is 25.4. The molecule has 208 valence electrons. The van der Waals surface area contributed by atoms with Crippen LogP contribution in [-0.2, 0) is 9.53 Å². The number of ether oxygens (including phenoxy) is 3. The molecule has 1 aromatic heterocycles. The molecular weight excluding hydrogens is 621 g/mol. The fourth-order valence-corrected chi connectivity index (χ4v) is 4.95. The normalized spacial score (nSPS) is 11.4. The van der Waals surface area contributed by atoms with E-state index >= 15 is 0 Å². The number of halogens is 1. The van der Waals surface area contributed by atoms with Gasteiger partial charge in [-0.25, -0.2) is 9.78 Å². The molecule has 0 amide bonds. The van der Waals surface area contributed by atoms with Crippen molar-refractivity contribution >= 4 is 45.7 Å². The fraction of sp³-hybridized carbons (Fsp3) is 0.290. The zero-order valence-electron chi connectivity index (χ0n) is 23.2. The van der Waals surface area contributed by atoms with Gasteiger partial charge in [-0.2, -0.15) is 9.78 Å². The van der Waals surface area contributed by atoms with Crippen LogP contribution in [0.4, 0.5) is 0 Å². The van der Waals surface area contributed by atoms with Gasteiger partial charge in [0.15, 0.2) is 12.4 Å². The highest BCUT2D eigenvalue weighted by atomic mass is 127. The molecular formula is C31H32IN3O5. The summed E-state index contributed by atoms with van der Waals surface area (Å²) in [5.74, 6) is 1.62. The van der Waals surface area contributed by atoms with E-state index in [2.05, 4.69) is 41.5 Å². The number of hydrogen-bond acceptors (Lipinski definition) is 7. The summed E-state index contributed by atoms with van der Waals surface area (Å²) in [5.41, 5.74) is 3.87. The number of nitrogens with zero attached hydrogens (tertiary/aromatic N) is 3. The van der Waals surface area contributed by atoms with Crippen molar-refractivity contribution < 1.29 is 19.0 Å². The lowest BCUT2D eigenvalue weighted by Gasteiger charge is -2.18. The van der Waals surface area contributed by atoms with Gasteiger partial charge in [-0.05, 0) is 108 Å². The molecule has 8 nitrogen and oxygen atoms in total. The van der Waals surface area contributed by atoms with E-state index in [-0.39, 0.29) is 18.1 Å². The second-order valence-corrected chi connectivity index (χ2v) is 10.6. The first-order valence-corrected chi connectivity index (χ1v) is 14.2. The molecule has 0 aliphatic rings. The van der Waals surface area contributed by atoms with E-state index in [1.807, 2.05) is 56.3 Å². The summed E-state index contributed by atoms with van der Waals surface area (Å²) in [7, 11) is 0. The predicted molar refractivity (Wildman–Crippen MR) is 166 cm³/mol. The first-order chi connectivity index (χ1) is 19.2. The number of rotatable bonds is 10. The molecule has 0 aliphatic heterocycles. The van der Waals surface area contributed by atoms with E-state index in [4.69, 9.17) is 19.2 Å². The Morgan fingerprint density at radius 2 is 1.82 bits per heavy atom. The Balaban J connectivity index is 1.79. The number of carbonyl (C=O) groups is 1. The third kappa shape index (κ3) is 6.52. The van der Waals surface area contributed by atoms with Gasteiger partial charge >= 0.3 is 5.97 Å². The van der Waals surface area contributed by atoms with Crippen LogP contribution in [0.2, 0.25) is 0 Å². The molecule has 0 saturated carbocycles. The van der Waals surface area contributed by atoms with E-state index in [1.54, 1.807) is 25.3 Å². The molecule has 1 heterocycles. The van der Waals surface area contributed by atoms with Gasteiger partial charge in [0.1, 0.15) is 11.5 Å².